The Balaban J connectivity index is 1.97. The lowest BCUT2D eigenvalue weighted by atomic mass is 10.1. The summed E-state index contributed by atoms with van der Waals surface area (Å²) >= 11 is 2.35. The summed E-state index contributed by atoms with van der Waals surface area (Å²) in [6.07, 6.45) is -4.38. The van der Waals surface area contributed by atoms with Gasteiger partial charge in [-0.2, -0.15) is 13.2 Å². The summed E-state index contributed by atoms with van der Waals surface area (Å²) < 4.78 is 39.6. The molecule has 2 rings (SSSR count). The summed E-state index contributed by atoms with van der Waals surface area (Å²) in [6, 6.07) is 5.10. The second kappa shape index (κ2) is 9.36. The van der Waals surface area contributed by atoms with Crippen molar-refractivity contribution >= 4 is 29.4 Å². The van der Waals surface area contributed by atoms with Crippen LogP contribution >= 0.6 is 23.5 Å². The molecule has 1 aromatic heterocycles. The zero-order valence-electron chi connectivity index (χ0n) is 14.9. The van der Waals surface area contributed by atoms with Crippen LogP contribution in [0, 0.1) is 0 Å². The number of halogens is 3. The largest absolute Gasteiger partial charge is 0.416 e. The predicted molar refractivity (Wildman–Crippen MR) is 99.8 cm³/mol. The topological polar surface area (TPSA) is 77.0 Å². The van der Waals surface area contributed by atoms with Crippen molar-refractivity contribution < 1.29 is 18.0 Å². The first kappa shape index (κ1) is 21.4. The van der Waals surface area contributed by atoms with E-state index in [2.05, 4.69) is 10.2 Å². The standard InChI is InChI=1S/C16H20F3N5OS2/c1-3-23(4-2)13(25)10-27-15-22-21-14(24(15)20)26-9-11-6-5-7-12(8-11)16(17,18)19/h5-8H,3-4,9-10,20H2,1-2H3. The summed E-state index contributed by atoms with van der Waals surface area (Å²) in [5, 5.41) is 8.64. The van der Waals surface area contributed by atoms with Crippen molar-refractivity contribution in [3.63, 3.8) is 0 Å². The minimum atomic E-state index is -4.38. The molecule has 0 saturated carbocycles. The van der Waals surface area contributed by atoms with E-state index in [1.807, 2.05) is 13.8 Å². The highest BCUT2D eigenvalue weighted by molar-refractivity contribution is 8.00. The quantitative estimate of drug-likeness (QED) is 0.523. The van der Waals surface area contributed by atoms with Crippen LogP contribution in [0.15, 0.2) is 34.6 Å². The molecule has 0 saturated heterocycles. The molecular formula is C16H20F3N5OS2. The highest BCUT2D eigenvalue weighted by Crippen LogP contribution is 2.31. The van der Waals surface area contributed by atoms with Gasteiger partial charge in [0.15, 0.2) is 0 Å². The van der Waals surface area contributed by atoms with E-state index in [0.717, 1.165) is 12.1 Å². The van der Waals surface area contributed by atoms with Crippen LogP contribution in [0.4, 0.5) is 13.2 Å². The molecule has 0 aliphatic rings. The molecule has 1 amide bonds. The van der Waals surface area contributed by atoms with Crippen molar-refractivity contribution in [2.45, 2.75) is 36.1 Å². The third kappa shape index (κ3) is 5.80. The number of thioether (sulfide) groups is 2. The number of nitrogens with zero attached hydrogens (tertiary/aromatic N) is 4. The molecule has 1 heterocycles. The van der Waals surface area contributed by atoms with Gasteiger partial charge < -0.3 is 10.7 Å². The summed E-state index contributed by atoms with van der Waals surface area (Å²) in [5.41, 5.74) is -0.190. The number of nitrogens with two attached hydrogens (primary N) is 1. The molecule has 0 aliphatic heterocycles. The van der Waals surface area contributed by atoms with E-state index in [4.69, 9.17) is 5.84 Å². The molecule has 0 aliphatic carbocycles. The highest BCUT2D eigenvalue weighted by atomic mass is 32.2. The zero-order chi connectivity index (χ0) is 20.0. The number of nitrogen functional groups attached to an aromatic ring is 1. The van der Waals surface area contributed by atoms with Gasteiger partial charge in [-0.15, -0.1) is 10.2 Å². The van der Waals surface area contributed by atoms with Gasteiger partial charge in [0.2, 0.25) is 16.2 Å². The Labute approximate surface area is 163 Å². The Morgan fingerprint density at radius 3 is 2.41 bits per heavy atom. The Morgan fingerprint density at radius 1 is 1.19 bits per heavy atom. The van der Waals surface area contributed by atoms with Crippen LogP contribution in [-0.4, -0.2) is 44.5 Å². The SMILES string of the molecule is CCN(CC)C(=O)CSc1nnc(SCc2cccc(C(F)(F)F)c2)n1N. The Kier molecular flexibility index (Phi) is 7.42. The molecular weight excluding hydrogens is 399 g/mol. The van der Waals surface area contributed by atoms with Crippen LogP contribution in [-0.2, 0) is 16.7 Å². The van der Waals surface area contributed by atoms with Crippen LogP contribution in [0.1, 0.15) is 25.0 Å². The van der Waals surface area contributed by atoms with Crippen molar-refractivity contribution in [1.29, 1.82) is 0 Å². The van der Waals surface area contributed by atoms with E-state index in [-0.39, 0.29) is 17.4 Å². The molecule has 27 heavy (non-hydrogen) atoms. The average molecular weight is 419 g/mol. The minimum absolute atomic E-state index is 0.0221. The molecule has 1 aromatic carbocycles. The van der Waals surface area contributed by atoms with E-state index in [1.165, 1.54) is 34.3 Å². The molecule has 2 N–H and O–H groups in total. The Hall–Kier alpha value is -1.88. The van der Waals surface area contributed by atoms with E-state index in [1.54, 1.807) is 11.0 Å². The predicted octanol–water partition coefficient (Wildman–Crippen LogP) is 3.26. The second-order valence-electron chi connectivity index (χ2n) is 5.48. The van der Waals surface area contributed by atoms with Crippen molar-refractivity contribution in [2.24, 2.45) is 0 Å². The molecule has 148 valence electrons. The fraction of sp³-hybridized carbons (Fsp3) is 0.438. The van der Waals surface area contributed by atoms with Gasteiger partial charge in [0.1, 0.15) is 0 Å². The molecule has 2 aromatic rings. The molecule has 0 unspecified atom stereocenters. The number of rotatable bonds is 8. The van der Waals surface area contributed by atoms with Gasteiger partial charge in [-0.25, -0.2) is 4.68 Å². The van der Waals surface area contributed by atoms with E-state index in [9.17, 15) is 18.0 Å². The lowest BCUT2D eigenvalue weighted by Gasteiger charge is -2.17. The van der Waals surface area contributed by atoms with Gasteiger partial charge in [0.25, 0.3) is 0 Å². The van der Waals surface area contributed by atoms with Gasteiger partial charge in [-0.1, -0.05) is 41.7 Å². The zero-order valence-corrected chi connectivity index (χ0v) is 16.5. The number of carbonyl (C=O) groups is 1. The Bertz CT molecular complexity index is 778. The fourth-order valence-corrected chi connectivity index (χ4v) is 3.86. The number of amides is 1. The van der Waals surface area contributed by atoms with Gasteiger partial charge in [-0.3, -0.25) is 4.79 Å². The number of hydrogen-bond donors (Lipinski definition) is 1. The summed E-state index contributed by atoms with van der Waals surface area (Å²) in [5.74, 6) is 6.37. The van der Waals surface area contributed by atoms with E-state index < -0.39 is 11.7 Å². The van der Waals surface area contributed by atoms with Gasteiger partial charge in [-0.05, 0) is 25.5 Å². The number of hydrogen-bond acceptors (Lipinski definition) is 6. The molecule has 0 fully saturated rings. The Morgan fingerprint density at radius 2 is 1.81 bits per heavy atom. The molecule has 0 spiro atoms. The number of benzene rings is 1. The molecule has 0 radical (unpaired) electrons. The van der Waals surface area contributed by atoms with Crippen molar-refractivity contribution in [3.05, 3.63) is 35.4 Å². The lowest BCUT2D eigenvalue weighted by molar-refractivity contribution is -0.137. The van der Waals surface area contributed by atoms with Gasteiger partial charge >= 0.3 is 6.18 Å². The van der Waals surface area contributed by atoms with E-state index >= 15 is 0 Å². The van der Waals surface area contributed by atoms with Gasteiger partial charge in [0, 0.05) is 18.8 Å². The van der Waals surface area contributed by atoms with Crippen LogP contribution in [0.3, 0.4) is 0 Å². The second-order valence-corrected chi connectivity index (χ2v) is 7.36. The van der Waals surface area contributed by atoms with E-state index in [0.29, 0.717) is 29.0 Å². The number of alkyl halides is 3. The summed E-state index contributed by atoms with van der Waals surface area (Å²) in [6.45, 7) is 5.06. The average Bonchev–Trinajstić information content (AvgIpc) is 2.98. The van der Waals surface area contributed by atoms with Crippen LogP contribution in [0.25, 0.3) is 0 Å². The monoisotopic (exact) mass is 419 g/mol. The first-order chi connectivity index (χ1) is 12.8. The van der Waals surface area contributed by atoms with Crippen LogP contribution < -0.4 is 5.84 Å². The first-order valence-corrected chi connectivity index (χ1v) is 10.1. The third-order valence-electron chi connectivity index (χ3n) is 3.70. The molecule has 11 heteroatoms. The first-order valence-electron chi connectivity index (χ1n) is 8.16. The summed E-state index contributed by atoms with van der Waals surface area (Å²) in [7, 11) is 0. The van der Waals surface area contributed by atoms with Crippen LogP contribution in [0.2, 0.25) is 0 Å². The number of aromatic nitrogens is 3. The number of carbonyl (C=O) groups excluding carboxylic acids is 1. The molecule has 6 nitrogen and oxygen atoms in total. The minimum Gasteiger partial charge on any atom is -0.343 e. The van der Waals surface area contributed by atoms with Crippen molar-refractivity contribution in [1.82, 2.24) is 19.8 Å². The van der Waals surface area contributed by atoms with Crippen LogP contribution in [0.5, 0.6) is 0 Å². The lowest BCUT2D eigenvalue weighted by Crippen LogP contribution is -2.32. The smallest absolute Gasteiger partial charge is 0.343 e. The van der Waals surface area contributed by atoms with Crippen molar-refractivity contribution in [3.8, 4) is 0 Å². The molecule has 0 atom stereocenters. The fourth-order valence-electron chi connectivity index (χ4n) is 2.24. The maximum Gasteiger partial charge on any atom is 0.416 e. The van der Waals surface area contributed by atoms with Gasteiger partial charge in [0.05, 0.1) is 11.3 Å². The normalized spacial score (nSPS) is 11.6. The summed E-state index contributed by atoms with van der Waals surface area (Å²) in [4.78, 5) is 13.7. The highest BCUT2D eigenvalue weighted by Gasteiger charge is 2.30. The maximum absolute atomic E-state index is 12.8. The van der Waals surface area contributed by atoms with Crippen molar-refractivity contribution in [2.75, 3.05) is 24.7 Å². The third-order valence-corrected chi connectivity index (χ3v) is 5.64. The maximum atomic E-state index is 12.8. The molecule has 0 bridgehead atoms.